The van der Waals surface area contributed by atoms with E-state index in [0.717, 1.165) is 17.7 Å². The summed E-state index contributed by atoms with van der Waals surface area (Å²) < 4.78 is 0. The average molecular weight is 373 g/mol. The highest BCUT2D eigenvalue weighted by Crippen LogP contribution is 2.30. The molecule has 0 aromatic heterocycles. The summed E-state index contributed by atoms with van der Waals surface area (Å²) in [6, 6.07) is 5.39. The summed E-state index contributed by atoms with van der Waals surface area (Å²) >= 11 is 0. The summed E-state index contributed by atoms with van der Waals surface area (Å²) in [5, 5.41) is 14.8. The molecule has 3 amide bonds. The van der Waals surface area contributed by atoms with Crippen molar-refractivity contribution in [2.75, 3.05) is 16.8 Å². The third-order valence-corrected chi connectivity index (χ3v) is 5.40. The van der Waals surface area contributed by atoms with Crippen LogP contribution in [0.15, 0.2) is 18.2 Å². The van der Waals surface area contributed by atoms with E-state index in [1.807, 2.05) is 30.0 Å². The molecule has 0 bridgehead atoms. The van der Waals surface area contributed by atoms with Crippen molar-refractivity contribution in [1.29, 1.82) is 0 Å². The van der Waals surface area contributed by atoms with Crippen molar-refractivity contribution in [3.8, 4) is 0 Å². The van der Waals surface area contributed by atoms with Crippen molar-refractivity contribution in [3.05, 3.63) is 23.8 Å². The van der Waals surface area contributed by atoms with E-state index in [0.29, 0.717) is 50.8 Å². The number of anilines is 2. The molecule has 3 rings (SSSR count). The van der Waals surface area contributed by atoms with E-state index < -0.39 is 5.97 Å². The van der Waals surface area contributed by atoms with Gasteiger partial charge in [-0.2, -0.15) is 0 Å². The minimum atomic E-state index is -0.748. The van der Waals surface area contributed by atoms with Crippen molar-refractivity contribution < 1.29 is 19.5 Å². The molecular formula is C20H27N3O4. The van der Waals surface area contributed by atoms with Crippen molar-refractivity contribution >= 4 is 29.3 Å². The van der Waals surface area contributed by atoms with Crippen LogP contribution in [-0.2, 0) is 16.0 Å². The molecule has 2 aliphatic rings. The number of hydrogen-bond acceptors (Lipinski definition) is 3. The highest BCUT2D eigenvalue weighted by Gasteiger charge is 2.27. The Morgan fingerprint density at radius 1 is 1.19 bits per heavy atom. The quantitative estimate of drug-likeness (QED) is 0.738. The number of benzene rings is 1. The number of fused-ring (bicyclic) bond motifs is 1. The first-order valence-corrected chi connectivity index (χ1v) is 9.71. The molecule has 1 aromatic rings. The van der Waals surface area contributed by atoms with E-state index in [1.165, 1.54) is 0 Å². The number of carbonyl (C=O) groups is 3. The number of amides is 3. The zero-order valence-electron chi connectivity index (χ0n) is 15.7. The fourth-order valence-corrected chi connectivity index (χ4v) is 3.94. The first kappa shape index (κ1) is 19.2. The molecule has 1 aromatic carbocycles. The Morgan fingerprint density at radius 2 is 1.93 bits per heavy atom. The molecule has 1 aliphatic heterocycles. The van der Waals surface area contributed by atoms with Crippen LogP contribution < -0.4 is 15.5 Å². The maximum absolute atomic E-state index is 12.3. The highest BCUT2D eigenvalue weighted by molar-refractivity contribution is 5.97. The number of hydrogen-bond donors (Lipinski definition) is 3. The lowest BCUT2D eigenvalue weighted by Crippen LogP contribution is -2.41. The van der Waals surface area contributed by atoms with Crippen LogP contribution in [0.4, 0.5) is 16.2 Å². The summed E-state index contributed by atoms with van der Waals surface area (Å²) in [5.74, 6) is -0.886. The van der Waals surface area contributed by atoms with Crippen molar-refractivity contribution in [3.63, 3.8) is 0 Å². The summed E-state index contributed by atoms with van der Waals surface area (Å²) in [4.78, 5) is 37.2. The number of carbonyl (C=O) groups excluding carboxylic acids is 2. The lowest BCUT2D eigenvalue weighted by atomic mass is 9.86. The van der Waals surface area contributed by atoms with Crippen molar-refractivity contribution in [1.82, 2.24) is 5.32 Å². The first-order valence-electron chi connectivity index (χ1n) is 9.71. The largest absolute Gasteiger partial charge is 0.481 e. The second-order valence-electron chi connectivity index (χ2n) is 7.37. The molecular weight excluding hydrogens is 346 g/mol. The van der Waals surface area contributed by atoms with Crippen LogP contribution >= 0.6 is 0 Å². The number of rotatable bonds is 5. The van der Waals surface area contributed by atoms with Gasteiger partial charge in [0.05, 0.1) is 5.92 Å². The van der Waals surface area contributed by atoms with E-state index in [2.05, 4.69) is 10.6 Å². The van der Waals surface area contributed by atoms with E-state index in [1.54, 1.807) is 0 Å². The third kappa shape index (κ3) is 4.59. The molecule has 0 spiro atoms. The third-order valence-electron chi connectivity index (χ3n) is 5.40. The molecule has 1 fully saturated rings. The SMILES string of the molecule is CCCN1C(=O)CCc2cc(NC(=O)NC3CCC(C(=O)O)CC3)ccc21. The smallest absolute Gasteiger partial charge is 0.319 e. The Morgan fingerprint density at radius 3 is 2.59 bits per heavy atom. The summed E-state index contributed by atoms with van der Waals surface area (Å²) in [7, 11) is 0. The maximum atomic E-state index is 12.3. The Balaban J connectivity index is 1.58. The number of aliphatic carboxylic acids is 1. The Labute approximate surface area is 159 Å². The van der Waals surface area contributed by atoms with Crippen LogP contribution in [0.2, 0.25) is 0 Å². The van der Waals surface area contributed by atoms with Crippen LogP contribution in [0.1, 0.15) is 51.0 Å². The predicted octanol–water partition coefficient (Wildman–Crippen LogP) is 3.14. The summed E-state index contributed by atoms with van der Waals surface area (Å²) in [6.07, 6.45) is 4.64. The van der Waals surface area contributed by atoms with Gasteiger partial charge in [-0.05, 0) is 62.3 Å². The van der Waals surface area contributed by atoms with Gasteiger partial charge in [-0.3, -0.25) is 9.59 Å². The predicted molar refractivity (Wildman–Crippen MR) is 103 cm³/mol. The Bertz CT molecular complexity index is 726. The Hall–Kier alpha value is -2.57. The monoisotopic (exact) mass is 373 g/mol. The summed E-state index contributed by atoms with van der Waals surface area (Å²) in [6.45, 7) is 2.75. The van der Waals surface area contributed by atoms with Gasteiger partial charge in [0.1, 0.15) is 0 Å². The first-order chi connectivity index (χ1) is 13.0. The van der Waals surface area contributed by atoms with Gasteiger partial charge in [0.25, 0.3) is 0 Å². The lowest BCUT2D eigenvalue weighted by Gasteiger charge is -2.30. The molecule has 1 saturated carbocycles. The number of nitrogens with one attached hydrogen (secondary N) is 2. The van der Waals surface area contributed by atoms with E-state index in [4.69, 9.17) is 5.11 Å². The topological polar surface area (TPSA) is 98.7 Å². The number of nitrogens with zero attached hydrogens (tertiary/aromatic N) is 1. The van der Waals surface area contributed by atoms with Gasteiger partial charge < -0.3 is 20.6 Å². The fraction of sp³-hybridized carbons (Fsp3) is 0.550. The fourth-order valence-electron chi connectivity index (χ4n) is 3.94. The van der Waals surface area contributed by atoms with Gasteiger partial charge in [0, 0.05) is 30.4 Å². The lowest BCUT2D eigenvalue weighted by molar-refractivity contribution is -0.142. The van der Waals surface area contributed by atoms with Crippen LogP contribution in [0.25, 0.3) is 0 Å². The second kappa shape index (κ2) is 8.41. The molecule has 7 nitrogen and oxygen atoms in total. The van der Waals surface area contributed by atoms with Crippen LogP contribution in [-0.4, -0.2) is 35.6 Å². The average Bonchev–Trinajstić information content (AvgIpc) is 2.64. The standard InChI is InChI=1S/C20H27N3O4/c1-2-11-23-17-9-8-16(12-14(17)5-10-18(23)24)22-20(27)21-15-6-3-13(4-7-15)19(25)26/h8-9,12-13,15H,2-7,10-11H2,1H3,(H,25,26)(H2,21,22,27). The van der Waals surface area contributed by atoms with Crippen molar-refractivity contribution in [2.45, 2.75) is 57.9 Å². The minimum Gasteiger partial charge on any atom is -0.481 e. The molecule has 0 atom stereocenters. The molecule has 3 N–H and O–H groups in total. The molecule has 0 radical (unpaired) electrons. The van der Waals surface area contributed by atoms with Crippen LogP contribution in [0, 0.1) is 5.92 Å². The number of carboxylic acid groups (broad SMARTS) is 1. The zero-order chi connectivity index (χ0) is 19.4. The molecule has 27 heavy (non-hydrogen) atoms. The molecule has 1 heterocycles. The van der Waals surface area contributed by atoms with Gasteiger partial charge in [-0.1, -0.05) is 6.92 Å². The van der Waals surface area contributed by atoms with Crippen LogP contribution in [0.5, 0.6) is 0 Å². The van der Waals surface area contributed by atoms with Gasteiger partial charge in [-0.15, -0.1) is 0 Å². The second-order valence-corrected chi connectivity index (χ2v) is 7.37. The maximum Gasteiger partial charge on any atom is 0.319 e. The Kier molecular flexibility index (Phi) is 5.98. The molecule has 1 aliphatic carbocycles. The van der Waals surface area contributed by atoms with E-state index in [9.17, 15) is 14.4 Å². The zero-order valence-corrected chi connectivity index (χ0v) is 15.7. The number of aryl methyl sites for hydroxylation is 1. The van der Waals surface area contributed by atoms with E-state index >= 15 is 0 Å². The van der Waals surface area contributed by atoms with Gasteiger partial charge >= 0.3 is 12.0 Å². The molecule has 146 valence electrons. The van der Waals surface area contributed by atoms with Crippen molar-refractivity contribution in [2.24, 2.45) is 5.92 Å². The molecule has 7 heteroatoms. The normalized spacial score (nSPS) is 22.1. The van der Waals surface area contributed by atoms with E-state index in [-0.39, 0.29) is 23.9 Å². The van der Waals surface area contributed by atoms with Crippen LogP contribution in [0.3, 0.4) is 0 Å². The van der Waals surface area contributed by atoms with Gasteiger partial charge in [0.15, 0.2) is 0 Å². The highest BCUT2D eigenvalue weighted by atomic mass is 16.4. The number of urea groups is 1. The molecule has 0 unspecified atom stereocenters. The van der Waals surface area contributed by atoms with Gasteiger partial charge in [-0.25, -0.2) is 4.79 Å². The molecule has 0 saturated heterocycles. The summed E-state index contributed by atoms with van der Waals surface area (Å²) in [5.41, 5.74) is 2.71. The minimum absolute atomic E-state index is 0.0101. The number of carboxylic acids is 1. The van der Waals surface area contributed by atoms with Gasteiger partial charge in [0.2, 0.25) is 5.91 Å².